The van der Waals surface area contributed by atoms with E-state index in [4.69, 9.17) is 10.5 Å². The lowest BCUT2D eigenvalue weighted by molar-refractivity contribution is 0.0124. The Bertz CT molecular complexity index is 382. The molecule has 0 aliphatic heterocycles. The Hall–Kier alpha value is -0.870. The Morgan fingerprint density at radius 2 is 2.00 bits per heavy atom. The maximum Gasteiger partial charge on any atom is 0.0644 e. The van der Waals surface area contributed by atoms with Crippen molar-refractivity contribution in [3.63, 3.8) is 0 Å². The van der Waals surface area contributed by atoms with Gasteiger partial charge in [-0.2, -0.15) is 5.10 Å². The van der Waals surface area contributed by atoms with Crippen LogP contribution in [0.1, 0.15) is 49.7 Å². The largest absolute Gasteiger partial charge is 0.379 e. The van der Waals surface area contributed by atoms with Gasteiger partial charge in [0.05, 0.1) is 11.3 Å². The predicted molar refractivity (Wildman–Crippen MR) is 69.9 cm³/mol. The van der Waals surface area contributed by atoms with E-state index in [0.29, 0.717) is 0 Å². The Morgan fingerprint density at radius 1 is 1.41 bits per heavy atom. The first kappa shape index (κ1) is 14.2. The maximum absolute atomic E-state index is 6.26. The first-order valence-electron chi connectivity index (χ1n) is 6.09. The summed E-state index contributed by atoms with van der Waals surface area (Å²) in [5.74, 6) is 0. The number of rotatable bonds is 5. The van der Waals surface area contributed by atoms with Crippen LogP contribution in [0.4, 0.5) is 0 Å². The third-order valence-corrected chi connectivity index (χ3v) is 3.55. The SMILES string of the molecule is COC(C)(C)CCC(N)c1c(C)nn(C)c1C. The summed E-state index contributed by atoms with van der Waals surface area (Å²) in [7, 11) is 3.70. The lowest BCUT2D eigenvalue weighted by Crippen LogP contribution is -2.25. The molecule has 1 aromatic heterocycles. The lowest BCUT2D eigenvalue weighted by atomic mass is 9.94. The molecule has 1 atom stereocenters. The van der Waals surface area contributed by atoms with Crippen molar-refractivity contribution in [2.75, 3.05) is 7.11 Å². The molecule has 0 aliphatic carbocycles. The van der Waals surface area contributed by atoms with Crippen molar-refractivity contribution < 1.29 is 4.74 Å². The van der Waals surface area contributed by atoms with Crippen LogP contribution >= 0.6 is 0 Å². The summed E-state index contributed by atoms with van der Waals surface area (Å²) in [5.41, 5.74) is 9.53. The molecule has 0 fully saturated rings. The van der Waals surface area contributed by atoms with E-state index in [2.05, 4.69) is 25.9 Å². The minimum atomic E-state index is -0.109. The number of aryl methyl sites for hydroxylation is 2. The van der Waals surface area contributed by atoms with Gasteiger partial charge in [-0.25, -0.2) is 0 Å². The second-order valence-corrected chi connectivity index (χ2v) is 5.32. The zero-order valence-corrected chi connectivity index (χ0v) is 11.9. The normalized spacial score (nSPS) is 14.1. The molecule has 0 aromatic carbocycles. The van der Waals surface area contributed by atoms with Crippen molar-refractivity contribution >= 4 is 0 Å². The first-order valence-corrected chi connectivity index (χ1v) is 6.09. The number of nitrogens with two attached hydrogens (primary N) is 1. The van der Waals surface area contributed by atoms with E-state index in [1.165, 1.54) is 5.56 Å². The van der Waals surface area contributed by atoms with Crippen LogP contribution in [0.3, 0.4) is 0 Å². The zero-order valence-electron chi connectivity index (χ0n) is 11.9. The third-order valence-electron chi connectivity index (χ3n) is 3.55. The highest BCUT2D eigenvalue weighted by Crippen LogP contribution is 2.26. The van der Waals surface area contributed by atoms with Crippen LogP contribution in [0.15, 0.2) is 0 Å². The number of methoxy groups -OCH3 is 1. The van der Waals surface area contributed by atoms with Gasteiger partial charge in [0.2, 0.25) is 0 Å². The fourth-order valence-corrected chi connectivity index (χ4v) is 2.08. The van der Waals surface area contributed by atoms with Crippen LogP contribution in [0.25, 0.3) is 0 Å². The molecule has 1 aromatic rings. The van der Waals surface area contributed by atoms with E-state index in [1.807, 2.05) is 18.7 Å². The molecule has 0 aliphatic rings. The van der Waals surface area contributed by atoms with E-state index in [1.54, 1.807) is 7.11 Å². The summed E-state index contributed by atoms with van der Waals surface area (Å²) in [4.78, 5) is 0. The number of hydrogen-bond acceptors (Lipinski definition) is 3. The average Bonchev–Trinajstić information content (AvgIpc) is 2.50. The molecule has 1 rings (SSSR count). The second kappa shape index (κ2) is 5.19. The first-order chi connectivity index (χ1) is 7.78. The second-order valence-electron chi connectivity index (χ2n) is 5.32. The highest BCUT2D eigenvalue weighted by atomic mass is 16.5. The van der Waals surface area contributed by atoms with Gasteiger partial charge in [0.1, 0.15) is 0 Å². The van der Waals surface area contributed by atoms with Crippen molar-refractivity contribution in [1.82, 2.24) is 9.78 Å². The summed E-state index contributed by atoms with van der Waals surface area (Å²) in [6.07, 6.45) is 1.85. The summed E-state index contributed by atoms with van der Waals surface area (Å²) in [5, 5.41) is 4.40. The molecule has 0 saturated heterocycles. The minimum absolute atomic E-state index is 0.0399. The standard InChI is InChI=1S/C13H25N3O/c1-9-12(10(2)16(5)15-9)11(14)7-8-13(3,4)17-6/h11H,7-8,14H2,1-6H3. The van der Waals surface area contributed by atoms with E-state index in [0.717, 1.165) is 24.2 Å². The van der Waals surface area contributed by atoms with Crippen molar-refractivity contribution in [3.05, 3.63) is 17.0 Å². The van der Waals surface area contributed by atoms with Gasteiger partial charge < -0.3 is 10.5 Å². The smallest absolute Gasteiger partial charge is 0.0644 e. The van der Waals surface area contributed by atoms with Gasteiger partial charge in [0.25, 0.3) is 0 Å². The monoisotopic (exact) mass is 239 g/mol. The van der Waals surface area contributed by atoms with Crippen molar-refractivity contribution in [3.8, 4) is 0 Å². The summed E-state index contributed by atoms with van der Waals surface area (Å²) < 4.78 is 7.31. The number of ether oxygens (including phenoxy) is 1. The van der Waals surface area contributed by atoms with Crippen LogP contribution in [0, 0.1) is 13.8 Å². The molecule has 0 bridgehead atoms. The zero-order chi connectivity index (χ0) is 13.2. The van der Waals surface area contributed by atoms with Crippen LogP contribution in [0.2, 0.25) is 0 Å². The Balaban J connectivity index is 2.74. The Kier molecular flexibility index (Phi) is 4.33. The van der Waals surface area contributed by atoms with Gasteiger partial charge in [-0.3, -0.25) is 4.68 Å². The van der Waals surface area contributed by atoms with Gasteiger partial charge >= 0.3 is 0 Å². The van der Waals surface area contributed by atoms with Gasteiger partial charge in [-0.05, 0) is 40.5 Å². The van der Waals surface area contributed by atoms with Crippen molar-refractivity contribution in [2.24, 2.45) is 12.8 Å². The number of aromatic nitrogens is 2. The fraction of sp³-hybridized carbons (Fsp3) is 0.769. The molecule has 0 amide bonds. The Labute approximate surface area is 104 Å². The van der Waals surface area contributed by atoms with Crippen LogP contribution < -0.4 is 5.73 Å². The highest BCUT2D eigenvalue weighted by Gasteiger charge is 2.21. The molecule has 0 spiro atoms. The molecule has 2 N–H and O–H groups in total. The molecule has 1 heterocycles. The van der Waals surface area contributed by atoms with Crippen LogP contribution in [-0.4, -0.2) is 22.5 Å². The van der Waals surface area contributed by atoms with Crippen molar-refractivity contribution in [2.45, 2.75) is 52.2 Å². The molecular weight excluding hydrogens is 214 g/mol. The average molecular weight is 239 g/mol. The summed E-state index contributed by atoms with van der Waals surface area (Å²) >= 11 is 0. The van der Waals surface area contributed by atoms with E-state index in [-0.39, 0.29) is 11.6 Å². The van der Waals surface area contributed by atoms with E-state index < -0.39 is 0 Å². The molecular formula is C13H25N3O. The molecule has 17 heavy (non-hydrogen) atoms. The summed E-state index contributed by atoms with van der Waals surface area (Å²) in [6.45, 7) is 8.26. The number of nitrogens with zero attached hydrogens (tertiary/aromatic N) is 2. The van der Waals surface area contributed by atoms with Crippen molar-refractivity contribution in [1.29, 1.82) is 0 Å². The van der Waals surface area contributed by atoms with Gasteiger partial charge in [0.15, 0.2) is 0 Å². The topological polar surface area (TPSA) is 53.1 Å². The van der Waals surface area contributed by atoms with Gasteiger partial charge in [-0.1, -0.05) is 0 Å². The molecule has 0 radical (unpaired) electrons. The molecule has 1 unspecified atom stereocenters. The lowest BCUT2D eigenvalue weighted by Gasteiger charge is -2.24. The molecule has 98 valence electrons. The third kappa shape index (κ3) is 3.30. The minimum Gasteiger partial charge on any atom is -0.379 e. The van der Waals surface area contributed by atoms with Crippen LogP contribution in [0.5, 0.6) is 0 Å². The highest BCUT2D eigenvalue weighted by molar-refractivity contribution is 5.27. The predicted octanol–water partition coefficient (Wildman–Crippen LogP) is 2.24. The maximum atomic E-state index is 6.26. The van der Waals surface area contributed by atoms with E-state index in [9.17, 15) is 0 Å². The molecule has 4 heteroatoms. The van der Waals surface area contributed by atoms with Gasteiger partial charge in [-0.15, -0.1) is 0 Å². The van der Waals surface area contributed by atoms with Gasteiger partial charge in [0, 0.05) is 31.5 Å². The fourth-order valence-electron chi connectivity index (χ4n) is 2.08. The summed E-state index contributed by atoms with van der Waals surface area (Å²) in [6, 6.07) is 0.0399. The van der Waals surface area contributed by atoms with E-state index >= 15 is 0 Å². The quantitative estimate of drug-likeness (QED) is 0.857. The molecule has 4 nitrogen and oxygen atoms in total. The Morgan fingerprint density at radius 3 is 2.41 bits per heavy atom. The van der Waals surface area contributed by atoms with Crippen LogP contribution in [-0.2, 0) is 11.8 Å². The number of hydrogen-bond donors (Lipinski definition) is 1. The molecule has 0 saturated carbocycles.